The Labute approximate surface area is 163 Å². The highest BCUT2D eigenvalue weighted by molar-refractivity contribution is 7.99. The number of hydrogen-bond acceptors (Lipinski definition) is 4. The largest absolute Gasteiger partial charge is 0.348 e. The van der Waals surface area contributed by atoms with Crippen LogP contribution in [0.15, 0.2) is 58.3 Å². The molecule has 5 nitrogen and oxygen atoms in total. The van der Waals surface area contributed by atoms with E-state index in [2.05, 4.69) is 15.5 Å². The predicted molar refractivity (Wildman–Crippen MR) is 107 cm³/mol. The molecule has 2 aliphatic heterocycles. The normalized spacial score (nSPS) is 23.2. The van der Waals surface area contributed by atoms with Crippen molar-refractivity contribution in [3.8, 4) is 0 Å². The molecule has 0 aliphatic carbocycles. The van der Waals surface area contributed by atoms with Crippen LogP contribution in [-0.4, -0.2) is 42.4 Å². The van der Waals surface area contributed by atoms with Crippen LogP contribution in [0.2, 0.25) is 0 Å². The molecule has 2 amide bonds. The predicted octanol–water partition coefficient (Wildman–Crippen LogP) is 3.23. The number of para-hydroxylation sites is 1. The van der Waals surface area contributed by atoms with Gasteiger partial charge in [0.05, 0.1) is 5.69 Å². The van der Waals surface area contributed by atoms with Gasteiger partial charge in [0.2, 0.25) is 5.91 Å². The number of benzene rings is 2. The number of fused-ring (bicyclic) bond motifs is 2. The van der Waals surface area contributed by atoms with Crippen molar-refractivity contribution in [2.24, 2.45) is 5.92 Å². The van der Waals surface area contributed by atoms with Crippen molar-refractivity contribution in [2.75, 3.05) is 25.0 Å². The minimum Gasteiger partial charge on any atom is -0.348 e. The van der Waals surface area contributed by atoms with E-state index in [1.54, 1.807) is 11.8 Å². The molecular weight excluding hydrogens is 358 g/mol. The fourth-order valence-electron chi connectivity index (χ4n) is 3.85. The third kappa shape index (κ3) is 4.17. The maximum absolute atomic E-state index is 12.5. The van der Waals surface area contributed by atoms with E-state index in [0.717, 1.165) is 28.6 Å². The van der Waals surface area contributed by atoms with Gasteiger partial charge in [0.25, 0.3) is 5.91 Å². The Morgan fingerprint density at radius 2 is 1.85 bits per heavy atom. The van der Waals surface area contributed by atoms with Gasteiger partial charge in [-0.15, -0.1) is 0 Å². The Morgan fingerprint density at radius 3 is 2.52 bits per heavy atom. The summed E-state index contributed by atoms with van der Waals surface area (Å²) < 4.78 is 0. The summed E-state index contributed by atoms with van der Waals surface area (Å²) in [6, 6.07) is 15.6. The van der Waals surface area contributed by atoms with Gasteiger partial charge in [-0.2, -0.15) is 0 Å². The first-order valence-corrected chi connectivity index (χ1v) is 10.1. The third-order valence-electron chi connectivity index (χ3n) is 5.19. The number of carbonyl (C=O) groups is 2. The zero-order valence-corrected chi connectivity index (χ0v) is 16.1. The molecular formula is C21H23N3O2S. The SMILES string of the molecule is CC(=O)Nc1ccccc1Sc1ccc(C(=O)NC2CN3CC[C@H]2C3)cc1. The molecule has 2 aromatic carbocycles. The molecule has 3 atom stereocenters. The lowest BCUT2D eigenvalue weighted by Crippen LogP contribution is -2.43. The highest BCUT2D eigenvalue weighted by Crippen LogP contribution is 2.33. The van der Waals surface area contributed by atoms with Gasteiger partial charge in [0.15, 0.2) is 0 Å². The number of anilines is 1. The molecule has 0 spiro atoms. The van der Waals surface area contributed by atoms with Crippen molar-refractivity contribution in [3.05, 3.63) is 54.1 Å². The van der Waals surface area contributed by atoms with Crippen LogP contribution >= 0.6 is 11.8 Å². The molecule has 0 radical (unpaired) electrons. The van der Waals surface area contributed by atoms with Crippen LogP contribution in [0.5, 0.6) is 0 Å². The van der Waals surface area contributed by atoms with Crippen LogP contribution in [0.3, 0.4) is 0 Å². The molecule has 2 heterocycles. The zero-order chi connectivity index (χ0) is 18.8. The van der Waals surface area contributed by atoms with Crippen LogP contribution < -0.4 is 10.6 Å². The lowest BCUT2D eigenvalue weighted by Gasteiger charge is -2.23. The molecule has 2 aromatic rings. The summed E-state index contributed by atoms with van der Waals surface area (Å²) in [5.41, 5.74) is 1.48. The average Bonchev–Trinajstić information content (AvgIpc) is 3.26. The molecule has 0 saturated carbocycles. The van der Waals surface area contributed by atoms with Crippen molar-refractivity contribution in [1.29, 1.82) is 0 Å². The fraction of sp³-hybridized carbons (Fsp3) is 0.333. The van der Waals surface area contributed by atoms with Crippen LogP contribution in [-0.2, 0) is 4.79 Å². The summed E-state index contributed by atoms with van der Waals surface area (Å²) in [5.74, 6) is 0.519. The summed E-state index contributed by atoms with van der Waals surface area (Å²) in [4.78, 5) is 28.3. The lowest BCUT2D eigenvalue weighted by molar-refractivity contribution is -0.114. The molecule has 140 valence electrons. The van der Waals surface area contributed by atoms with Crippen molar-refractivity contribution in [3.63, 3.8) is 0 Å². The van der Waals surface area contributed by atoms with Gasteiger partial charge in [0, 0.05) is 41.4 Å². The van der Waals surface area contributed by atoms with E-state index < -0.39 is 0 Å². The molecule has 2 unspecified atom stereocenters. The van der Waals surface area contributed by atoms with Crippen LogP contribution in [0.4, 0.5) is 5.69 Å². The molecule has 6 heteroatoms. The molecule has 2 bridgehead atoms. The highest BCUT2D eigenvalue weighted by Gasteiger charge is 2.38. The molecule has 0 aromatic heterocycles. The Balaban J connectivity index is 1.40. The second-order valence-electron chi connectivity index (χ2n) is 7.19. The van der Waals surface area contributed by atoms with E-state index >= 15 is 0 Å². The first-order chi connectivity index (χ1) is 13.1. The zero-order valence-electron chi connectivity index (χ0n) is 15.3. The van der Waals surface area contributed by atoms with E-state index in [0.29, 0.717) is 11.5 Å². The van der Waals surface area contributed by atoms with Gasteiger partial charge in [0.1, 0.15) is 0 Å². The number of amides is 2. The third-order valence-corrected chi connectivity index (χ3v) is 6.28. The first kappa shape index (κ1) is 18.1. The van der Waals surface area contributed by atoms with Crippen molar-refractivity contribution < 1.29 is 9.59 Å². The second kappa shape index (κ2) is 7.74. The Kier molecular flexibility index (Phi) is 5.18. The van der Waals surface area contributed by atoms with E-state index in [9.17, 15) is 9.59 Å². The van der Waals surface area contributed by atoms with Crippen molar-refractivity contribution in [1.82, 2.24) is 10.2 Å². The summed E-state index contributed by atoms with van der Waals surface area (Å²) >= 11 is 1.57. The van der Waals surface area contributed by atoms with Gasteiger partial charge in [-0.1, -0.05) is 23.9 Å². The van der Waals surface area contributed by atoms with Gasteiger partial charge in [-0.05, 0) is 55.3 Å². The minimum atomic E-state index is -0.0907. The van der Waals surface area contributed by atoms with Gasteiger partial charge in [-0.3, -0.25) is 9.59 Å². The number of hydrogen-bond donors (Lipinski definition) is 2. The van der Waals surface area contributed by atoms with Crippen LogP contribution in [0.25, 0.3) is 0 Å². The Hall–Kier alpha value is -2.31. The van der Waals surface area contributed by atoms with Crippen LogP contribution in [0.1, 0.15) is 23.7 Å². The molecule has 27 heavy (non-hydrogen) atoms. The topological polar surface area (TPSA) is 61.4 Å². The van der Waals surface area contributed by atoms with E-state index in [1.807, 2.05) is 48.5 Å². The van der Waals surface area contributed by atoms with Crippen LogP contribution in [0, 0.1) is 5.92 Å². The maximum Gasteiger partial charge on any atom is 0.251 e. The van der Waals surface area contributed by atoms with Crippen molar-refractivity contribution in [2.45, 2.75) is 29.2 Å². The lowest BCUT2D eigenvalue weighted by atomic mass is 9.99. The standard InChI is InChI=1S/C21H23N3O2S/c1-14(25)22-18-4-2-3-5-20(18)27-17-8-6-15(7-9-17)21(26)23-19-13-24-11-10-16(19)12-24/h2-9,16,19H,10-13H2,1H3,(H,22,25)(H,23,26)/t16-,19?/m0/s1. The van der Waals surface area contributed by atoms with E-state index in [-0.39, 0.29) is 17.9 Å². The summed E-state index contributed by atoms with van der Waals surface area (Å²) in [6.07, 6.45) is 1.19. The van der Waals surface area contributed by atoms with Gasteiger partial charge in [-0.25, -0.2) is 0 Å². The highest BCUT2D eigenvalue weighted by atomic mass is 32.2. The fourth-order valence-corrected chi connectivity index (χ4v) is 4.75. The minimum absolute atomic E-state index is 0.00365. The number of nitrogens with zero attached hydrogens (tertiary/aromatic N) is 1. The number of piperidine rings is 1. The summed E-state index contributed by atoms with van der Waals surface area (Å²) in [6.45, 7) is 4.77. The molecule has 2 fully saturated rings. The number of rotatable bonds is 5. The van der Waals surface area contributed by atoms with E-state index in [4.69, 9.17) is 0 Å². The summed E-state index contributed by atoms with van der Waals surface area (Å²) in [5, 5.41) is 6.04. The number of carbonyl (C=O) groups excluding carboxylic acids is 2. The quantitative estimate of drug-likeness (QED) is 0.835. The van der Waals surface area contributed by atoms with E-state index in [1.165, 1.54) is 19.9 Å². The van der Waals surface area contributed by atoms with Crippen molar-refractivity contribution >= 4 is 29.3 Å². The molecule has 2 aliphatic rings. The molecule has 2 N–H and O–H groups in total. The Bertz CT molecular complexity index is 853. The molecule has 2 saturated heterocycles. The monoisotopic (exact) mass is 381 g/mol. The average molecular weight is 382 g/mol. The van der Waals surface area contributed by atoms with Gasteiger partial charge >= 0.3 is 0 Å². The second-order valence-corrected chi connectivity index (χ2v) is 8.31. The number of nitrogens with one attached hydrogen (secondary N) is 2. The molecule has 4 rings (SSSR count). The summed E-state index contributed by atoms with van der Waals surface area (Å²) in [7, 11) is 0. The maximum atomic E-state index is 12.5. The first-order valence-electron chi connectivity index (χ1n) is 9.26. The Morgan fingerprint density at radius 1 is 1.07 bits per heavy atom. The smallest absolute Gasteiger partial charge is 0.251 e. The van der Waals surface area contributed by atoms with Gasteiger partial charge < -0.3 is 15.5 Å².